The summed E-state index contributed by atoms with van der Waals surface area (Å²) < 4.78 is 41.4. The van der Waals surface area contributed by atoms with Gasteiger partial charge < -0.3 is 9.47 Å². The van der Waals surface area contributed by atoms with Crippen LogP contribution in [-0.4, -0.2) is 25.9 Å². The van der Waals surface area contributed by atoms with Gasteiger partial charge in [-0.3, -0.25) is 4.55 Å². The van der Waals surface area contributed by atoms with Crippen LogP contribution in [0.2, 0.25) is 0 Å². The second kappa shape index (κ2) is 5.03. The maximum atomic E-state index is 10.8. The molecule has 0 saturated carbocycles. The topological polar surface area (TPSA) is 72.8 Å². The molecule has 0 amide bonds. The minimum absolute atomic E-state index is 0.144. The van der Waals surface area contributed by atoms with Gasteiger partial charge in [0.2, 0.25) is 0 Å². The van der Waals surface area contributed by atoms with Crippen LogP contribution < -0.4 is 4.74 Å². The van der Waals surface area contributed by atoms with Crippen LogP contribution in [0.4, 0.5) is 0 Å². The van der Waals surface area contributed by atoms with Crippen molar-refractivity contribution in [3.8, 4) is 5.75 Å². The molecule has 0 radical (unpaired) electrons. The molecule has 1 heterocycles. The predicted octanol–water partition coefficient (Wildman–Crippen LogP) is 1.84. The highest BCUT2D eigenvalue weighted by Gasteiger charge is 2.15. The molecule has 1 atom stereocenters. The predicted molar refractivity (Wildman–Crippen MR) is 60.5 cm³/mol. The SMILES string of the molecule is O=S(=O)(O)c1ccc(OC2CCCCO2)cc1. The van der Waals surface area contributed by atoms with Crippen molar-refractivity contribution in [2.75, 3.05) is 6.61 Å². The average molecular weight is 258 g/mol. The van der Waals surface area contributed by atoms with Gasteiger partial charge in [-0.05, 0) is 37.1 Å². The van der Waals surface area contributed by atoms with E-state index < -0.39 is 10.1 Å². The standard InChI is InChI=1S/C11H14O5S/c12-17(13,14)10-6-4-9(5-7-10)16-11-3-1-2-8-15-11/h4-7,11H,1-3,8H2,(H,12,13,14). The zero-order valence-corrected chi connectivity index (χ0v) is 10.0. The molecule has 17 heavy (non-hydrogen) atoms. The Bertz CT molecular complexity index is 459. The Hall–Kier alpha value is -1.11. The first-order chi connectivity index (χ1) is 8.05. The molecular formula is C11H14O5S. The molecule has 6 heteroatoms. The third-order valence-corrected chi connectivity index (χ3v) is 3.39. The van der Waals surface area contributed by atoms with Crippen molar-refractivity contribution in [3.05, 3.63) is 24.3 Å². The van der Waals surface area contributed by atoms with Gasteiger partial charge in [0.05, 0.1) is 11.5 Å². The molecular weight excluding hydrogens is 244 g/mol. The third-order valence-electron chi connectivity index (χ3n) is 2.53. The van der Waals surface area contributed by atoms with Crippen molar-refractivity contribution < 1.29 is 22.4 Å². The molecule has 1 saturated heterocycles. The van der Waals surface area contributed by atoms with Crippen molar-refractivity contribution in [2.45, 2.75) is 30.4 Å². The number of ether oxygens (including phenoxy) is 2. The van der Waals surface area contributed by atoms with Crippen LogP contribution in [0.25, 0.3) is 0 Å². The molecule has 0 aliphatic carbocycles. The van der Waals surface area contributed by atoms with Gasteiger partial charge >= 0.3 is 0 Å². The molecule has 0 spiro atoms. The molecule has 0 bridgehead atoms. The van der Waals surface area contributed by atoms with Crippen LogP contribution in [0.5, 0.6) is 5.75 Å². The van der Waals surface area contributed by atoms with E-state index in [1.165, 1.54) is 24.3 Å². The Kier molecular flexibility index (Phi) is 3.66. The first-order valence-corrected chi connectivity index (χ1v) is 6.85. The van der Waals surface area contributed by atoms with Crippen molar-refractivity contribution in [2.24, 2.45) is 0 Å². The van der Waals surface area contributed by atoms with Gasteiger partial charge in [0.25, 0.3) is 10.1 Å². The normalized spacial score (nSPS) is 21.1. The van der Waals surface area contributed by atoms with Crippen LogP contribution in [0.1, 0.15) is 19.3 Å². The van der Waals surface area contributed by atoms with Crippen molar-refractivity contribution in [3.63, 3.8) is 0 Å². The summed E-state index contributed by atoms with van der Waals surface area (Å²) in [6.45, 7) is 0.688. The van der Waals surface area contributed by atoms with E-state index in [1.807, 2.05) is 0 Å². The average Bonchev–Trinajstić information content (AvgIpc) is 2.30. The summed E-state index contributed by atoms with van der Waals surface area (Å²) in [6.07, 6.45) is 2.68. The van der Waals surface area contributed by atoms with E-state index in [2.05, 4.69) is 0 Å². The van der Waals surface area contributed by atoms with Crippen LogP contribution in [-0.2, 0) is 14.9 Å². The summed E-state index contributed by atoms with van der Waals surface area (Å²) in [5.41, 5.74) is 0. The lowest BCUT2D eigenvalue weighted by molar-refractivity contribution is -0.105. The second-order valence-corrected chi connectivity index (χ2v) is 5.28. The van der Waals surface area contributed by atoms with Gasteiger partial charge in [-0.2, -0.15) is 8.42 Å². The molecule has 0 aromatic heterocycles. The Labute approximate surface area is 100 Å². The highest BCUT2D eigenvalue weighted by atomic mass is 32.2. The molecule has 1 fully saturated rings. The zero-order valence-electron chi connectivity index (χ0n) is 9.20. The molecule has 1 aromatic rings. The zero-order chi connectivity index (χ0) is 12.3. The van der Waals surface area contributed by atoms with Crippen LogP contribution >= 0.6 is 0 Å². The van der Waals surface area contributed by atoms with Gasteiger partial charge in [-0.15, -0.1) is 0 Å². The minimum Gasteiger partial charge on any atom is -0.465 e. The van der Waals surface area contributed by atoms with Crippen molar-refractivity contribution in [1.82, 2.24) is 0 Å². The fourth-order valence-corrected chi connectivity index (χ4v) is 2.13. The van der Waals surface area contributed by atoms with Gasteiger partial charge in [-0.25, -0.2) is 0 Å². The third kappa shape index (κ3) is 3.42. The Balaban J connectivity index is 2.03. The van der Waals surface area contributed by atoms with Crippen LogP contribution in [0.3, 0.4) is 0 Å². The molecule has 2 rings (SSSR count). The molecule has 1 unspecified atom stereocenters. The van der Waals surface area contributed by atoms with E-state index >= 15 is 0 Å². The number of rotatable bonds is 3. The largest absolute Gasteiger partial charge is 0.465 e. The Morgan fingerprint density at radius 3 is 2.47 bits per heavy atom. The fraction of sp³-hybridized carbons (Fsp3) is 0.455. The second-order valence-electron chi connectivity index (χ2n) is 3.86. The molecule has 5 nitrogen and oxygen atoms in total. The van der Waals surface area contributed by atoms with E-state index in [9.17, 15) is 8.42 Å². The summed E-state index contributed by atoms with van der Waals surface area (Å²) >= 11 is 0. The molecule has 94 valence electrons. The van der Waals surface area contributed by atoms with E-state index in [0.29, 0.717) is 12.4 Å². The smallest absolute Gasteiger partial charge is 0.294 e. The minimum atomic E-state index is -4.14. The van der Waals surface area contributed by atoms with E-state index in [-0.39, 0.29) is 11.2 Å². The van der Waals surface area contributed by atoms with E-state index in [0.717, 1.165) is 19.3 Å². The number of hydrogen-bond acceptors (Lipinski definition) is 4. The summed E-state index contributed by atoms with van der Waals surface area (Å²) in [5.74, 6) is 0.532. The summed E-state index contributed by atoms with van der Waals surface area (Å²) in [4.78, 5) is -0.144. The van der Waals surface area contributed by atoms with Crippen LogP contribution in [0.15, 0.2) is 29.2 Å². The van der Waals surface area contributed by atoms with Gasteiger partial charge in [-0.1, -0.05) is 0 Å². The monoisotopic (exact) mass is 258 g/mol. The highest BCUT2D eigenvalue weighted by Crippen LogP contribution is 2.20. The number of hydrogen-bond donors (Lipinski definition) is 1. The Morgan fingerprint density at radius 2 is 1.94 bits per heavy atom. The quantitative estimate of drug-likeness (QED) is 0.837. The van der Waals surface area contributed by atoms with Gasteiger partial charge in [0, 0.05) is 6.42 Å². The summed E-state index contributed by atoms with van der Waals surface area (Å²) in [5, 5.41) is 0. The number of benzene rings is 1. The summed E-state index contributed by atoms with van der Waals surface area (Å²) in [6, 6.07) is 5.60. The van der Waals surface area contributed by atoms with E-state index in [1.54, 1.807) is 0 Å². The first-order valence-electron chi connectivity index (χ1n) is 5.41. The lowest BCUT2D eigenvalue weighted by atomic mass is 10.2. The lowest BCUT2D eigenvalue weighted by Crippen LogP contribution is -2.24. The van der Waals surface area contributed by atoms with E-state index in [4.69, 9.17) is 14.0 Å². The maximum Gasteiger partial charge on any atom is 0.294 e. The molecule has 1 aliphatic heterocycles. The van der Waals surface area contributed by atoms with Crippen LogP contribution in [0, 0.1) is 0 Å². The van der Waals surface area contributed by atoms with Gasteiger partial charge in [0.1, 0.15) is 5.75 Å². The van der Waals surface area contributed by atoms with Crippen molar-refractivity contribution >= 4 is 10.1 Å². The maximum absolute atomic E-state index is 10.8. The Morgan fingerprint density at radius 1 is 1.24 bits per heavy atom. The first kappa shape index (κ1) is 12.3. The highest BCUT2D eigenvalue weighted by molar-refractivity contribution is 7.85. The van der Waals surface area contributed by atoms with Crippen molar-refractivity contribution in [1.29, 1.82) is 0 Å². The lowest BCUT2D eigenvalue weighted by Gasteiger charge is -2.23. The molecule has 1 aliphatic rings. The summed E-state index contributed by atoms with van der Waals surface area (Å²) in [7, 11) is -4.14. The van der Waals surface area contributed by atoms with Gasteiger partial charge in [0.15, 0.2) is 6.29 Å². The molecule has 1 aromatic carbocycles. The fourth-order valence-electron chi connectivity index (χ4n) is 1.65. The molecule has 1 N–H and O–H groups in total.